The minimum Gasteiger partial charge on any atom is -0.322 e. The van der Waals surface area contributed by atoms with E-state index in [1.165, 1.54) is 17.0 Å². The molecule has 1 atom stereocenters. The van der Waals surface area contributed by atoms with Crippen LogP contribution in [-0.4, -0.2) is 48.0 Å². The summed E-state index contributed by atoms with van der Waals surface area (Å²) >= 11 is 0. The number of nitrogens with zero attached hydrogens (tertiary/aromatic N) is 6. The van der Waals surface area contributed by atoms with Gasteiger partial charge >= 0.3 is 0 Å². The van der Waals surface area contributed by atoms with Crippen molar-refractivity contribution >= 4 is 17.2 Å². The number of pyridine rings is 1. The number of benzene rings is 1. The Morgan fingerprint density at radius 1 is 1.21 bits per heavy atom. The molecule has 1 N–H and O–H groups in total. The first-order valence-corrected chi connectivity index (χ1v) is 13.5. The van der Waals surface area contributed by atoms with Gasteiger partial charge in [0.1, 0.15) is 12.2 Å². The van der Waals surface area contributed by atoms with Gasteiger partial charge in [-0.1, -0.05) is 26.0 Å². The summed E-state index contributed by atoms with van der Waals surface area (Å²) in [7, 11) is 1.97. The molecule has 2 aliphatic rings. The van der Waals surface area contributed by atoms with Crippen molar-refractivity contribution in [3.63, 3.8) is 0 Å². The van der Waals surface area contributed by atoms with Crippen LogP contribution in [0.2, 0.25) is 0 Å². The Hall–Kier alpha value is -3.59. The van der Waals surface area contributed by atoms with Crippen LogP contribution in [0, 0.1) is 17.8 Å². The molecule has 198 valence electrons. The zero-order valence-electron chi connectivity index (χ0n) is 22.2. The van der Waals surface area contributed by atoms with E-state index in [1.807, 2.05) is 35.9 Å². The predicted molar refractivity (Wildman–Crippen MR) is 143 cm³/mol. The van der Waals surface area contributed by atoms with Crippen LogP contribution in [0.15, 0.2) is 49.1 Å². The highest BCUT2D eigenvalue weighted by atomic mass is 19.1. The van der Waals surface area contributed by atoms with Crippen molar-refractivity contribution in [3.8, 4) is 0 Å². The number of amides is 1. The van der Waals surface area contributed by atoms with Crippen LogP contribution in [0.5, 0.6) is 0 Å². The summed E-state index contributed by atoms with van der Waals surface area (Å²) in [6.07, 6.45) is 9.00. The number of likely N-dealkylation sites (tertiary alicyclic amines) is 1. The molecule has 38 heavy (non-hydrogen) atoms. The number of hydrogen-bond acceptors (Lipinski definition) is 5. The van der Waals surface area contributed by atoms with Gasteiger partial charge in [-0.3, -0.25) is 14.1 Å². The fourth-order valence-electron chi connectivity index (χ4n) is 6.54. The second-order valence-electron chi connectivity index (χ2n) is 11.4. The number of carbonyl (C=O) groups excluding carboxylic acids is 1. The highest BCUT2D eigenvalue weighted by Crippen LogP contribution is 2.51. The van der Waals surface area contributed by atoms with Gasteiger partial charge < -0.3 is 9.88 Å². The molecule has 4 heterocycles. The second kappa shape index (κ2) is 9.62. The second-order valence-corrected chi connectivity index (χ2v) is 11.4. The standard InChI is InChI=1S/C29H34FN7O/c1-19-6-5-9-36(15-19)16-21-10-24(26-31-14-25(30)37(26)17-21)27(38)33-23-8-4-7-22(11-23)29(12-20(2)13-29)28-34-32-18-35(28)3/h4,7-8,10-11,14,17-20H,5-6,9,12-13,15-16H2,1-3H3,(H,33,38)/t19-,20?,29?/m0/s1. The van der Waals surface area contributed by atoms with Crippen LogP contribution in [-0.2, 0) is 19.0 Å². The summed E-state index contributed by atoms with van der Waals surface area (Å²) in [6, 6.07) is 9.83. The zero-order chi connectivity index (χ0) is 26.4. The van der Waals surface area contributed by atoms with Crippen LogP contribution < -0.4 is 5.32 Å². The Kier molecular flexibility index (Phi) is 6.26. The molecule has 1 saturated carbocycles. The minimum atomic E-state index is -0.477. The van der Waals surface area contributed by atoms with Gasteiger partial charge in [0, 0.05) is 32.0 Å². The molecule has 1 saturated heterocycles. The first kappa shape index (κ1) is 24.7. The molecule has 1 aliphatic heterocycles. The Bertz CT molecular complexity index is 1490. The molecule has 0 unspecified atom stereocenters. The van der Waals surface area contributed by atoms with Gasteiger partial charge in [-0.05, 0) is 73.4 Å². The van der Waals surface area contributed by atoms with Gasteiger partial charge in [0.15, 0.2) is 5.65 Å². The van der Waals surface area contributed by atoms with Crippen molar-refractivity contribution in [2.45, 2.75) is 51.5 Å². The highest BCUT2D eigenvalue weighted by molar-refractivity contribution is 6.08. The number of anilines is 1. The average Bonchev–Trinajstić information content (AvgIpc) is 3.47. The van der Waals surface area contributed by atoms with Crippen molar-refractivity contribution < 1.29 is 9.18 Å². The Morgan fingerprint density at radius 3 is 2.79 bits per heavy atom. The number of carbonyl (C=O) groups is 1. The molecular weight excluding hydrogens is 481 g/mol. The quantitative estimate of drug-likeness (QED) is 0.399. The lowest BCUT2D eigenvalue weighted by Crippen LogP contribution is -2.43. The molecule has 0 bridgehead atoms. The van der Waals surface area contributed by atoms with E-state index in [-0.39, 0.29) is 11.3 Å². The molecule has 4 aromatic rings. The van der Waals surface area contributed by atoms with Crippen molar-refractivity contribution in [1.29, 1.82) is 0 Å². The minimum absolute atomic E-state index is 0.226. The lowest BCUT2D eigenvalue weighted by molar-refractivity contribution is 0.102. The molecule has 1 aliphatic carbocycles. The normalized spacial score (nSPS) is 23.9. The van der Waals surface area contributed by atoms with Crippen molar-refractivity contribution in [2.75, 3.05) is 18.4 Å². The third-order valence-electron chi connectivity index (χ3n) is 8.22. The molecule has 1 amide bonds. The van der Waals surface area contributed by atoms with E-state index in [2.05, 4.69) is 45.3 Å². The largest absolute Gasteiger partial charge is 0.322 e. The summed E-state index contributed by atoms with van der Waals surface area (Å²) in [6.45, 7) is 7.19. The Labute approximate surface area is 221 Å². The fourth-order valence-corrected chi connectivity index (χ4v) is 6.54. The van der Waals surface area contributed by atoms with E-state index in [1.54, 1.807) is 12.5 Å². The van der Waals surface area contributed by atoms with Gasteiger partial charge in [-0.15, -0.1) is 10.2 Å². The fraction of sp³-hybridized carbons (Fsp3) is 0.448. The Morgan fingerprint density at radius 2 is 2.05 bits per heavy atom. The molecule has 3 aromatic heterocycles. The van der Waals surface area contributed by atoms with Gasteiger partial charge in [0.25, 0.3) is 5.91 Å². The molecule has 9 heteroatoms. The smallest absolute Gasteiger partial charge is 0.259 e. The average molecular weight is 516 g/mol. The number of piperidine rings is 1. The monoisotopic (exact) mass is 515 g/mol. The summed E-state index contributed by atoms with van der Waals surface area (Å²) in [5.74, 6) is 1.37. The van der Waals surface area contributed by atoms with Gasteiger partial charge in [0.2, 0.25) is 5.95 Å². The number of aromatic nitrogens is 5. The third kappa shape index (κ3) is 4.38. The molecule has 2 fully saturated rings. The number of aryl methyl sites for hydroxylation is 1. The van der Waals surface area contributed by atoms with E-state index in [0.717, 1.165) is 49.3 Å². The summed E-state index contributed by atoms with van der Waals surface area (Å²) in [5, 5.41) is 11.6. The molecule has 0 radical (unpaired) electrons. The number of hydrogen-bond donors (Lipinski definition) is 1. The van der Waals surface area contributed by atoms with E-state index >= 15 is 0 Å². The number of halogens is 1. The third-order valence-corrected chi connectivity index (χ3v) is 8.22. The van der Waals surface area contributed by atoms with Crippen LogP contribution in [0.3, 0.4) is 0 Å². The first-order chi connectivity index (χ1) is 18.3. The zero-order valence-corrected chi connectivity index (χ0v) is 22.2. The lowest BCUT2D eigenvalue weighted by Gasteiger charge is -2.46. The molecular formula is C29H34FN7O. The maximum Gasteiger partial charge on any atom is 0.259 e. The maximum atomic E-state index is 14.6. The lowest BCUT2D eigenvalue weighted by atomic mass is 9.58. The summed E-state index contributed by atoms with van der Waals surface area (Å²) in [4.78, 5) is 20.2. The van der Waals surface area contributed by atoms with Crippen LogP contribution in [0.1, 0.15) is 66.8 Å². The van der Waals surface area contributed by atoms with Gasteiger partial charge in [0.05, 0.1) is 17.2 Å². The highest BCUT2D eigenvalue weighted by Gasteiger charge is 2.48. The topological polar surface area (TPSA) is 80.3 Å². The number of nitrogens with one attached hydrogen (secondary N) is 1. The van der Waals surface area contributed by atoms with Gasteiger partial charge in [-0.2, -0.15) is 4.39 Å². The molecule has 0 spiro atoms. The van der Waals surface area contributed by atoms with Crippen molar-refractivity contribution in [3.05, 3.63) is 77.5 Å². The predicted octanol–water partition coefficient (Wildman–Crippen LogP) is 4.80. The van der Waals surface area contributed by atoms with Crippen molar-refractivity contribution in [1.82, 2.24) is 29.0 Å². The van der Waals surface area contributed by atoms with E-state index in [4.69, 9.17) is 0 Å². The van der Waals surface area contributed by atoms with E-state index in [9.17, 15) is 9.18 Å². The first-order valence-electron chi connectivity index (χ1n) is 13.5. The van der Waals surface area contributed by atoms with Crippen LogP contribution >= 0.6 is 0 Å². The van der Waals surface area contributed by atoms with E-state index < -0.39 is 5.95 Å². The van der Waals surface area contributed by atoms with Crippen LogP contribution in [0.25, 0.3) is 5.65 Å². The van der Waals surface area contributed by atoms with Crippen molar-refractivity contribution in [2.24, 2.45) is 18.9 Å². The SMILES string of the molecule is CC1CC(c2cccc(NC(=O)c3cc(CN4CCC[C@H](C)C4)cn4c(F)cnc34)c2)(c2nncn2C)C1. The molecule has 6 rings (SSSR count). The molecule has 1 aromatic carbocycles. The van der Waals surface area contributed by atoms with Crippen LogP contribution in [0.4, 0.5) is 10.1 Å². The number of imidazole rings is 1. The van der Waals surface area contributed by atoms with Gasteiger partial charge in [-0.25, -0.2) is 4.98 Å². The molecule has 8 nitrogen and oxygen atoms in total. The summed E-state index contributed by atoms with van der Waals surface area (Å²) < 4.78 is 18.0. The maximum absolute atomic E-state index is 14.6. The van der Waals surface area contributed by atoms with E-state index in [0.29, 0.717) is 35.3 Å². The summed E-state index contributed by atoms with van der Waals surface area (Å²) in [5.41, 5.74) is 3.14. The Balaban J connectivity index is 1.30. The number of fused-ring (bicyclic) bond motifs is 1. The number of rotatable bonds is 6.